The van der Waals surface area contributed by atoms with Crippen LogP contribution in [0.3, 0.4) is 0 Å². The fourth-order valence-corrected chi connectivity index (χ4v) is 5.33. The number of aromatic amines is 1. The highest BCUT2D eigenvalue weighted by Crippen LogP contribution is 2.54. The SMILES string of the molecule is COc1cc(-n2c(C(C)(C)CC#N)c(C3CC(F)(C(=O)O)C3)c3c(F)c4[nH]ncc4cc32)ccc1F. The van der Waals surface area contributed by atoms with E-state index in [9.17, 15) is 23.9 Å². The summed E-state index contributed by atoms with van der Waals surface area (Å²) in [5.74, 6) is -3.38. The number of rotatable bonds is 6. The third kappa shape index (κ3) is 3.33. The topological polar surface area (TPSA) is 104 Å². The van der Waals surface area contributed by atoms with Crippen molar-refractivity contribution in [1.82, 2.24) is 14.8 Å². The third-order valence-corrected chi connectivity index (χ3v) is 7.13. The molecule has 0 saturated heterocycles. The molecule has 4 aromatic rings. The van der Waals surface area contributed by atoms with Crippen LogP contribution in [0.5, 0.6) is 5.75 Å². The average molecular weight is 496 g/mol. The zero-order valence-corrected chi connectivity index (χ0v) is 19.8. The van der Waals surface area contributed by atoms with Gasteiger partial charge in [-0.05, 0) is 42.5 Å². The third-order valence-electron chi connectivity index (χ3n) is 7.13. The van der Waals surface area contributed by atoms with Crippen molar-refractivity contribution in [2.24, 2.45) is 0 Å². The second-order valence-corrected chi connectivity index (χ2v) is 9.93. The van der Waals surface area contributed by atoms with Gasteiger partial charge in [0.15, 0.2) is 17.4 Å². The van der Waals surface area contributed by atoms with Crippen LogP contribution < -0.4 is 4.74 Å². The van der Waals surface area contributed by atoms with Crippen molar-refractivity contribution in [3.05, 3.63) is 53.4 Å². The van der Waals surface area contributed by atoms with Gasteiger partial charge in [0.05, 0.1) is 24.9 Å². The summed E-state index contributed by atoms with van der Waals surface area (Å²) in [5.41, 5.74) is -1.27. The molecule has 0 spiro atoms. The number of alkyl halides is 1. The van der Waals surface area contributed by atoms with E-state index < -0.39 is 34.6 Å². The summed E-state index contributed by atoms with van der Waals surface area (Å²) in [7, 11) is 1.33. The number of nitrogens with zero attached hydrogens (tertiary/aromatic N) is 3. The van der Waals surface area contributed by atoms with Gasteiger partial charge in [-0.3, -0.25) is 5.10 Å². The van der Waals surface area contributed by atoms with E-state index in [4.69, 9.17) is 4.74 Å². The van der Waals surface area contributed by atoms with Crippen LogP contribution in [0.25, 0.3) is 27.5 Å². The van der Waals surface area contributed by atoms with E-state index in [0.29, 0.717) is 27.8 Å². The largest absolute Gasteiger partial charge is 0.494 e. The molecule has 0 atom stereocenters. The number of halogens is 3. The molecule has 10 heteroatoms. The normalized spacial score (nSPS) is 19.9. The molecule has 0 unspecified atom stereocenters. The van der Waals surface area contributed by atoms with Crippen molar-refractivity contribution in [3.8, 4) is 17.5 Å². The van der Waals surface area contributed by atoms with Gasteiger partial charge >= 0.3 is 5.97 Å². The number of ether oxygens (including phenoxy) is 1. The fourth-order valence-electron chi connectivity index (χ4n) is 5.33. The van der Waals surface area contributed by atoms with E-state index in [-0.39, 0.29) is 35.9 Å². The first-order chi connectivity index (χ1) is 17.0. The van der Waals surface area contributed by atoms with Gasteiger partial charge in [0.25, 0.3) is 0 Å². The predicted octanol–water partition coefficient (Wildman–Crippen LogP) is 5.66. The van der Waals surface area contributed by atoms with Crippen molar-refractivity contribution in [1.29, 1.82) is 5.26 Å². The molecule has 36 heavy (non-hydrogen) atoms. The number of benzene rings is 2. The van der Waals surface area contributed by atoms with Gasteiger partial charge in [0, 0.05) is 40.1 Å². The number of nitrogens with one attached hydrogen (secondary N) is 1. The molecule has 1 saturated carbocycles. The number of aromatic nitrogens is 3. The highest BCUT2D eigenvalue weighted by Gasteiger charge is 2.54. The molecule has 0 amide bonds. The van der Waals surface area contributed by atoms with Gasteiger partial charge in [-0.1, -0.05) is 13.8 Å². The van der Waals surface area contributed by atoms with Crippen LogP contribution >= 0.6 is 0 Å². The number of methoxy groups -OCH3 is 1. The molecule has 0 bridgehead atoms. The molecule has 1 aliphatic rings. The Morgan fingerprint density at radius 2 is 2.08 bits per heavy atom. The lowest BCUT2D eigenvalue weighted by Gasteiger charge is -2.40. The van der Waals surface area contributed by atoms with Crippen molar-refractivity contribution >= 4 is 27.8 Å². The Morgan fingerprint density at radius 1 is 1.36 bits per heavy atom. The Kier molecular flexibility index (Phi) is 5.28. The average Bonchev–Trinajstić information content (AvgIpc) is 3.41. The summed E-state index contributed by atoms with van der Waals surface area (Å²) in [6.07, 6.45) is 0.858. The molecule has 1 aliphatic carbocycles. The van der Waals surface area contributed by atoms with Gasteiger partial charge in [-0.2, -0.15) is 10.4 Å². The predicted molar refractivity (Wildman–Crippen MR) is 126 cm³/mol. The minimum Gasteiger partial charge on any atom is -0.494 e. The summed E-state index contributed by atoms with van der Waals surface area (Å²) in [4.78, 5) is 11.5. The molecule has 2 heterocycles. The van der Waals surface area contributed by atoms with Crippen LogP contribution in [0.1, 0.15) is 50.3 Å². The van der Waals surface area contributed by atoms with E-state index >= 15 is 4.39 Å². The van der Waals surface area contributed by atoms with Gasteiger partial charge in [-0.25, -0.2) is 18.0 Å². The van der Waals surface area contributed by atoms with Gasteiger partial charge < -0.3 is 14.4 Å². The molecule has 5 rings (SSSR count). The maximum atomic E-state index is 16.1. The molecule has 2 N–H and O–H groups in total. The maximum Gasteiger partial charge on any atom is 0.341 e. The van der Waals surface area contributed by atoms with Crippen LogP contribution in [0, 0.1) is 23.0 Å². The van der Waals surface area contributed by atoms with Crippen molar-refractivity contribution < 1.29 is 27.8 Å². The Morgan fingerprint density at radius 3 is 2.72 bits per heavy atom. The van der Waals surface area contributed by atoms with Crippen LogP contribution in [-0.4, -0.2) is 38.6 Å². The van der Waals surface area contributed by atoms with E-state index in [1.165, 1.54) is 31.5 Å². The lowest BCUT2D eigenvalue weighted by molar-refractivity contribution is -0.158. The zero-order valence-electron chi connectivity index (χ0n) is 19.8. The Hall–Kier alpha value is -4.00. The van der Waals surface area contributed by atoms with Crippen molar-refractivity contribution in [3.63, 3.8) is 0 Å². The number of carboxylic acids is 1. The number of nitriles is 1. The molecule has 2 aromatic heterocycles. The van der Waals surface area contributed by atoms with E-state index in [1.54, 1.807) is 10.6 Å². The molecular weight excluding hydrogens is 473 g/mol. The minimum atomic E-state index is -2.41. The number of H-pyrrole nitrogens is 1. The fraction of sp³-hybridized carbons (Fsp3) is 0.346. The monoisotopic (exact) mass is 496 g/mol. The maximum absolute atomic E-state index is 16.1. The number of fused-ring (bicyclic) bond motifs is 2. The standard InChI is InChI=1S/C26H23F3N4O3/c1-25(2,6-7-30)23-19(14-10-26(29,11-14)24(34)35)20-17(8-13-12-31-32-22(13)21(20)28)33(23)15-4-5-16(27)18(9-15)36-3/h4-5,8-9,12,14H,6,10-11H2,1-3H3,(H,31,32)(H,34,35). The lowest BCUT2D eigenvalue weighted by atomic mass is 9.66. The van der Waals surface area contributed by atoms with Gasteiger partial charge in [-0.15, -0.1) is 0 Å². The molecule has 7 nitrogen and oxygen atoms in total. The first-order valence-corrected chi connectivity index (χ1v) is 11.4. The molecule has 0 radical (unpaired) electrons. The minimum absolute atomic E-state index is 0.0258. The number of hydrogen-bond acceptors (Lipinski definition) is 4. The van der Waals surface area contributed by atoms with Crippen molar-refractivity contribution in [2.75, 3.05) is 7.11 Å². The second-order valence-electron chi connectivity index (χ2n) is 9.93. The summed E-state index contributed by atoms with van der Waals surface area (Å²) in [5, 5.41) is 26.2. The van der Waals surface area contributed by atoms with Gasteiger partial charge in [0.2, 0.25) is 5.67 Å². The van der Waals surface area contributed by atoms with Crippen LogP contribution in [-0.2, 0) is 10.2 Å². The van der Waals surface area contributed by atoms with Crippen LogP contribution in [0.2, 0.25) is 0 Å². The zero-order chi connectivity index (χ0) is 26.0. The lowest BCUT2D eigenvalue weighted by Crippen LogP contribution is -2.46. The quantitative estimate of drug-likeness (QED) is 0.359. The van der Waals surface area contributed by atoms with Gasteiger partial charge in [0.1, 0.15) is 5.52 Å². The smallest absolute Gasteiger partial charge is 0.341 e. The highest BCUT2D eigenvalue weighted by molar-refractivity contribution is 6.00. The summed E-state index contributed by atoms with van der Waals surface area (Å²) >= 11 is 0. The molecule has 0 aliphatic heterocycles. The number of aliphatic carboxylic acids is 1. The van der Waals surface area contributed by atoms with E-state index in [2.05, 4.69) is 16.3 Å². The Labute approximate surface area is 204 Å². The number of carboxylic acid groups (broad SMARTS) is 1. The molecular formula is C26H23F3N4O3. The van der Waals surface area contributed by atoms with Crippen molar-refractivity contribution in [2.45, 2.75) is 50.1 Å². The highest BCUT2D eigenvalue weighted by atomic mass is 19.1. The number of hydrogen-bond donors (Lipinski definition) is 2. The second kappa shape index (κ2) is 8.01. The Balaban J connectivity index is 1.92. The molecule has 1 fully saturated rings. The first kappa shape index (κ1) is 23.7. The summed E-state index contributed by atoms with van der Waals surface area (Å²) < 4.78 is 52.2. The van der Waals surface area contributed by atoms with E-state index in [0.717, 1.165) is 0 Å². The van der Waals surface area contributed by atoms with Crippen LogP contribution in [0.4, 0.5) is 13.2 Å². The summed E-state index contributed by atoms with van der Waals surface area (Å²) in [6.45, 7) is 3.63. The van der Waals surface area contributed by atoms with E-state index in [1.807, 2.05) is 13.8 Å². The molecule has 2 aromatic carbocycles. The van der Waals surface area contributed by atoms with Crippen LogP contribution in [0.15, 0.2) is 30.5 Å². The first-order valence-electron chi connectivity index (χ1n) is 11.4. The summed E-state index contributed by atoms with van der Waals surface area (Å²) in [6, 6.07) is 8.10. The number of carbonyl (C=O) groups is 1. The Bertz CT molecular complexity index is 1580. The molecule has 186 valence electrons.